The number of rotatable bonds is 13. The van der Waals surface area contributed by atoms with Crippen LogP contribution in [0.3, 0.4) is 0 Å². The van der Waals surface area contributed by atoms with Gasteiger partial charge in [0.25, 0.3) is 11.8 Å². The molecule has 3 aromatic rings. The summed E-state index contributed by atoms with van der Waals surface area (Å²) >= 11 is 0. The van der Waals surface area contributed by atoms with E-state index >= 15 is 0 Å². The average molecular weight is 515 g/mol. The fourth-order valence-electron chi connectivity index (χ4n) is 3.99. The third-order valence-corrected chi connectivity index (χ3v) is 6.02. The van der Waals surface area contributed by atoms with Gasteiger partial charge in [-0.25, -0.2) is 0 Å². The van der Waals surface area contributed by atoms with Crippen LogP contribution in [-0.4, -0.2) is 49.3 Å². The zero-order valence-corrected chi connectivity index (χ0v) is 21.7. The highest BCUT2D eigenvalue weighted by molar-refractivity contribution is 6.00. The fraction of sp³-hybridized carbons (Fsp3) is 0.300. The molecule has 0 saturated carbocycles. The number of nitrogens with one attached hydrogen (secondary N) is 3. The first-order valence-electron chi connectivity index (χ1n) is 12.6. The van der Waals surface area contributed by atoms with Gasteiger partial charge in [-0.15, -0.1) is 0 Å². The molecular formula is C30H34N4O4. The van der Waals surface area contributed by atoms with E-state index in [4.69, 9.17) is 4.74 Å². The van der Waals surface area contributed by atoms with E-state index in [1.807, 2.05) is 67.6 Å². The highest BCUT2D eigenvalue weighted by Crippen LogP contribution is 2.14. The summed E-state index contributed by atoms with van der Waals surface area (Å²) in [6.07, 6.45) is 0.259. The Balaban J connectivity index is 1.75. The van der Waals surface area contributed by atoms with Crippen molar-refractivity contribution in [3.05, 3.63) is 101 Å². The SMILES string of the molecule is CCCNC(=O)c1cc(C#N)cc(C(=O)N[C@@H](Cc2ccccc2)[C@H](O)CNCc2cccc(OC)c2)c1. The third-order valence-electron chi connectivity index (χ3n) is 6.02. The minimum atomic E-state index is -0.906. The lowest BCUT2D eigenvalue weighted by atomic mass is 9.99. The number of methoxy groups -OCH3 is 1. The van der Waals surface area contributed by atoms with Crippen molar-refractivity contribution < 1.29 is 19.4 Å². The summed E-state index contributed by atoms with van der Waals surface area (Å²) in [7, 11) is 1.61. The molecule has 0 saturated heterocycles. The maximum atomic E-state index is 13.3. The summed E-state index contributed by atoms with van der Waals surface area (Å²) in [6.45, 7) is 3.18. The van der Waals surface area contributed by atoms with Crippen molar-refractivity contribution in [1.82, 2.24) is 16.0 Å². The van der Waals surface area contributed by atoms with Gasteiger partial charge in [0.1, 0.15) is 5.75 Å². The molecule has 0 spiro atoms. The molecule has 8 heteroatoms. The van der Waals surface area contributed by atoms with E-state index in [-0.39, 0.29) is 29.1 Å². The Labute approximate surface area is 223 Å². The summed E-state index contributed by atoms with van der Waals surface area (Å²) in [5.74, 6) is -0.0681. The van der Waals surface area contributed by atoms with Crippen molar-refractivity contribution in [3.63, 3.8) is 0 Å². The van der Waals surface area contributed by atoms with Crippen molar-refractivity contribution in [2.24, 2.45) is 0 Å². The molecule has 4 N–H and O–H groups in total. The van der Waals surface area contributed by atoms with Gasteiger partial charge in [-0.3, -0.25) is 9.59 Å². The van der Waals surface area contributed by atoms with Gasteiger partial charge in [0, 0.05) is 30.8 Å². The number of ether oxygens (including phenoxy) is 1. The molecule has 0 radical (unpaired) electrons. The van der Waals surface area contributed by atoms with Gasteiger partial charge >= 0.3 is 0 Å². The van der Waals surface area contributed by atoms with Crippen molar-refractivity contribution >= 4 is 11.8 Å². The lowest BCUT2D eigenvalue weighted by Crippen LogP contribution is -2.48. The van der Waals surface area contributed by atoms with Crippen LogP contribution in [0.2, 0.25) is 0 Å². The highest BCUT2D eigenvalue weighted by Gasteiger charge is 2.23. The van der Waals surface area contributed by atoms with Crippen LogP contribution in [0.15, 0.2) is 72.8 Å². The predicted octanol–water partition coefficient (Wildman–Crippen LogP) is 3.20. The Bertz CT molecular complexity index is 1260. The van der Waals surface area contributed by atoms with E-state index < -0.39 is 18.1 Å². The maximum absolute atomic E-state index is 13.3. The van der Waals surface area contributed by atoms with Crippen molar-refractivity contribution in [1.29, 1.82) is 5.26 Å². The monoisotopic (exact) mass is 514 g/mol. The van der Waals surface area contributed by atoms with Crippen LogP contribution in [0.25, 0.3) is 0 Å². The molecule has 2 amide bonds. The average Bonchev–Trinajstić information content (AvgIpc) is 2.95. The zero-order valence-electron chi connectivity index (χ0n) is 21.7. The molecule has 3 rings (SSSR count). The van der Waals surface area contributed by atoms with E-state index in [2.05, 4.69) is 16.0 Å². The molecule has 0 aromatic heterocycles. The number of carbonyl (C=O) groups is 2. The molecule has 0 fully saturated rings. The standard InChI is InChI=1S/C30H34N4O4/c1-3-12-33-29(36)24-13-23(18-31)14-25(17-24)30(37)34-27(16-21-8-5-4-6-9-21)28(35)20-32-19-22-10-7-11-26(15-22)38-2/h4-11,13-15,17,27-28,32,35H,3,12,16,19-20H2,1-2H3,(H,33,36)(H,34,37)/t27-,28+/m0/s1. The number of nitriles is 1. The molecule has 0 aliphatic carbocycles. The predicted molar refractivity (Wildman–Crippen MR) is 146 cm³/mol. The Morgan fingerprint density at radius 1 is 0.974 bits per heavy atom. The summed E-state index contributed by atoms with van der Waals surface area (Å²) in [6, 6.07) is 23.0. The van der Waals surface area contributed by atoms with Crippen molar-refractivity contribution in [2.75, 3.05) is 20.2 Å². The van der Waals surface area contributed by atoms with Crippen LogP contribution >= 0.6 is 0 Å². The second-order valence-corrected chi connectivity index (χ2v) is 8.99. The summed E-state index contributed by atoms with van der Waals surface area (Å²) in [5, 5.41) is 29.4. The number of aliphatic hydroxyl groups is 1. The van der Waals surface area contributed by atoms with E-state index in [1.54, 1.807) is 7.11 Å². The second-order valence-electron chi connectivity index (χ2n) is 8.99. The number of benzene rings is 3. The number of hydrogen-bond donors (Lipinski definition) is 4. The Morgan fingerprint density at radius 2 is 1.68 bits per heavy atom. The van der Waals surface area contributed by atoms with Crippen LogP contribution in [0.5, 0.6) is 5.75 Å². The van der Waals surface area contributed by atoms with Crippen LogP contribution in [0.1, 0.15) is 50.8 Å². The molecule has 2 atom stereocenters. The van der Waals surface area contributed by atoms with Crippen molar-refractivity contribution in [3.8, 4) is 11.8 Å². The normalized spacial score (nSPS) is 12.2. The summed E-state index contributed by atoms with van der Waals surface area (Å²) in [4.78, 5) is 25.8. The van der Waals surface area contributed by atoms with Gasteiger partial charge in [0.05, 0.1) is 30.9 Å². The van der Waals surface area contributed by atoms with E-state index in [0.717, 1.165) is 23.3 Å². The molecule has 0 aliphatic rings. The first-order chi connectivity index (χ1) is 18.4. The first-order valence-corrected chi connectivity index (χ1v) is 12.6. The smallest absolute Gasteiger partial charge is 0.251 e. The second kappa shape index (κ2) is 14.5. The summed E-state index contributed by atoms with van der Waals surface area (Å²) in [5.41, 5.74) is 2.58. The lowest BCUT2D eigenvalue weighted by molar-refractivity contribution is 0.0830. The molecule has 0 heterocycles. The lowest BCUT2D eigenvalue weighted by Gasteiger charge is -2.25. The fourth-order valence-corrected chi connectivity index (χ4v) is 3.99. The van der Waals surface area contributed by atoms with Gasteiger partial charge in [-0.1, -0.05) is 49.4 Å². The minimum absolute atomic E-state index is 0.181. The highest BCUT2D eigenvalue weighted by atomic mass is 16.5. The third kappa shape index (κ3) is 8.44. The van der Waals surface area contributed by atoms with Crippen LogP contribution in [-0.2, 0) is 13.0 Å². The maximum Gasteiger partial charge on any atom is 0.251 e. The number of hydrogen-bond acceptors (Lipinski definition) is 6. The van der Waals surface area contributed by atoms with E-state index in [1.165, 1.54) is 18.2 Å². The molecule has 0 aliphatic heterocycles. The number of carbonyl (C=O) groups excluding carboxylic acids is 2. The minimum Gasteiger partial charge on any atom is -0.497 e. The van der Waals surface area contributed by atoms with Crippen LogP contribution < -0.4 is 20.7 Å². The van der Waals surface area contributed by atoms with Gasteiger partial charge in [-0.05, 0) is 54.3 Å². The molecule has 0 bridgehead atoms. The molecule has 0 unspecified atom stereocenters. The molecule has 8 nitrogen and oxygen atoms in total. The molecule has 3 aromatic carbocycles. The Kier molecular flexibility index (Phi) is 10.8. The van der Waals surface area contributed by atoms with E-state index in [9.17, 15) is 20.0 Å². The number of nitrogens with zero attached hydrogens (tertiary/aromatic N) is 1. The first kappa shape index (κ1) is 28.4. The Morgan fingerprint density at radius 3 is 2.37 bits per heavy atom. The molecular weight excluding hydrogens is 480 g/mol. The quantitative estimate of drug-likeness (QED) is 0.278. The van der Waals surface area contributed by atoms with Gasteiger partial charge in [0.2, 0.25) is 0 Å². The van der Waals surface area contributed by atoms with E-state index in [0.29, 0.717) is 19.5 Å². The molecule has 38 heavy (non-hydrogen) atoms. The topological polar surface area (TPSA) is 123 Å². The van der Waals surface area contributed by atoms with Crippen molar-refractivity contribution in [2.45, 2.75) is 38.5 Å². The summed E-state index contributed by atoms with van der Waals surface area (Å²) < 4.78 is 5.26. The Hall–Kier alpha value is -4.19. The van der Waals surface area contributed by atoms with Crippen LogP contribution in [0.4, 0.5) is 0 Å². The zero-order chi connectivity index (χ0) is 27.3. The number of amides is 2. The van der Waals surface area contributed by atoms with Gasteiger partial charge < -0.3 is 25.8 Å². The van der Waals surface area contributed by atoms with Crippen LogP contribution in [0, 0.1) is 11.3 Å². The largest absolute Gasteiger partial charge is 0.497 e. The van der Waals surface area contributed by atoms with Gasteiger partial charge in [0.15, 0.2) is 0 Å². The number of aliphatic hydroxyl groups excluding tert-OH is 1. The molecule has 198 valence electrons. The van der Waals surface area contributed by atoms with Gasteiger partial charge in [-0.2, -0.15) is 5.26 Å².